The maximum Gasteiger partial charge on any atom is 0.219 e. The van der Waals surface area contributed by atoms with E-state index in [4.69, 9.17) is 0 Å². The zero-order valence-corrected chi connectivity index (χ0v) is 7.63. The third kappa shape index (κ3) is 1.73. The van der Waals surface area contributed by atoms with Crippen molar-refractivity contribution in [2.24, 2.45) is 5.92 Å². The van der Waals surface area contributed by atoms with Gasteiger partial charge in [-0.15, -0.1) is 0 Å². The Hall–Kier alpha value is -0.530. The van der Waals surface area contributed by atoms with Crippen LogP contribution in [-0.2, 0) is 4.79 Å². The lowest BCUT2D eigenvalue weighted by Gasteiger charge is -2.18. The van der Waals surface area contributed by atoms with Gasteiger partial charge in [0.25, 0.3) is 0 Å². The molecule has 0 spiro atoms. The van der Waals surface area contributed by atoms with Gasteiger partial charge in [0.05, 0.1) is 0 Å². The monoisotopic (exact) mass is 155 g/mol. The van der Waals surface area contributed by atoms with Crippen molar-refractivity contribution in [2.45, 2.75) is 39.7 Å². The van der Waals surface area contributed by atoms with Crippen molar-refractivity contribution in [3.8, 4) is 0 Å². The maximum atomic E-state index is 11.0. The summed E-state index contributed by atoms with van der Waals surface area (Å²) in [5.74, 6) is 0.974. The Kier molecular flexibility index (Phi) is 2.53. The van der Waals surface area contributed by atoms with Crippen LogP contribution in [0.4, 0.5) is 0 Å². The first-order valence-corrected chi connectivity index (χ1v) is 4.42. The van der Waals surface area contributed by atoms with Crippen LogP contribution in [0, 0.1) is 5.92 Å². The van der Waals surface area contributed by atoms with Crippen molar-refractivity contribution in [2.75, 3.05) is 6.54 Å². The molecule has 1 aliphatic heterocycles. The molecule has 1 heterocycles. The summed E-state index contributed by atoms with van der Waals surface area (Å²) in [6.07, 6.45) is 2.39. The molecule has 0 unspecified atom stereocenters. The second-order valence-corrected chi connectivity index (χ2v) is 3.53. The summed E-state index contributed by atoms with van der Waals surface area (Å²) in [6.45, 7) is 6.97. The summed E-state index contributed by atoms with van der Waals surface area (Å²) >= 11 is 0. The number of hydrogen-bond donors (Lipinski definition) is 0. The van der Waals surface area contributed by atoms with Gasteiger partial charge in [0.1, 0.15) is 0 Å². The minimum atomic E-state index is 0.230. The molecule has 0 aliphatic carbocycles. The van der Waals surface area contributed by atoms with Crippen molar-refractivity contribution in [3.63, 3.8) is 0 Å². The number of carbonyl (C=O) groups is 1. The lowest BCUT2D eigenvalue weighted by molar-refractivity contribution is -0.129. The summed E-state index contributed by atoms with van der Waals surface area (Å²) < 4.78 is 0. The minimum absolute atomic E-state index is 0.230. The number of likely N-dealkylation sites (tertiary alicyclic amines) is 1. The molecule has 1 saturated heterocycles. The molecule has 0 bridgehead atoms. The maximum absolute atomic E-state index is 11.0. The van der Waals surface area contributed by atoms with Gasteiger partial charge in [0.15, 0.2) is 0 Å². The Balaban J connectivity index is 2.51. The van der Waals surface area contributed by atoms with Crippen molar-refractivity contribution in [3.05, 3.63) is 0 Å². The first-order valence-electron chi connectivity index (χ1n) is 4.42. The van der Waals surface area contributed by atoms with Crippen LogP contribution in [0.25, 0.3) is 0 Å². The summed E-state index contributed by atoms with van der Waals surface area (Å²) in [5.41, 5.74) is 0. The molecule has 0 radical (unpaired) electrons. The van der Waals surface area contributed by atoms with E-state index in [2.05, 4.69) is 13.8 Å². The Labute approximate surface area is 68.6 Å². The zero-order valence-electron chi connectivity index (χ0n) is 7.63. The predicted octanol–water partition coefficient (Wildman–Crippen LogP) is 1.65. The van der Waals surface area contributed by atoms with Gasteiger partial charge in [-0.3, -0.25) is 4.79 Å². The average Bonchev–Trinajstić information content (AvgIpc) is 2.30. The molecule has 2 nitrogen and oxygen atoms in total. The summed E-state index contributed by atoms with van der Waals surface area (Å²) in [5, 5.41) is 0. The molecule has 64 valence electrons. The topological polar surface area (TPSA) is 20.3 Å². The molecule has 0 aromatic rings. The van der Waals surface area contributed by atoms with E-state index in [0.29, 0.717) is 6.04 Å². The van der Waals surface area contributed by atoms with Crippen LogP contribution in [0.3, 0.4) is 0 Å². The molecule has 0 N–H and O–H groups in total. The van der Waals surface area contributed by atoms with E-state index < -0.39 is 0 Å². The van der Waals surface area contributed by atoms with Crippen molar-refractivity contribution in [1.82, 2.24) is 4.90 Å². The summed E-state index contributed by atoms with van der Waals surface area (Å²) in [6, 6.07) is 0.470. The van der Waals surface area contributed by atoms with E-state index in [0.717, 1.165) is 12.5 Å². The Morgan fingerprint density at radius 1 is 1.64 bits per heavy atom. The van der Waals surface area contributed by atoms with E-state index in [1.807, 2.05) is 4.90 Å². The van der Waals surface area contributed by atoms with Gasteiger partial charge in [-0.2, -0.15) is 0 Å². The van der Waals surface area contributed by atoms with Crippen LogP contribution in [0.15, 0.2) is 0 Å². The fourth-order valence-electron chi connectivity index (χ4n) is 1.88. The highest BCUT2D eigenvalue weighted by molar-refractivity contribution is 5.73. The van der Waals surface area contributed by atoms with E-state index in [1.54, 1.807) is 6.92 Å². The number of nitrogens with zero attached hydrogens (tertiary/aromatic N) is 1. The predicted molar refractivity (Wildman–Crippen MR) is 45.2 cm³/mol. The molecule has 0 aromatic carbocycles. The highest BCUT2D eigenvalue weighted by Gasteiger charge is 2.28. The number of rotatable bonds is 1. The molecule has 2 atom stereocenters. The minimum Gasteiger partial charge on any atom is -0.340 e. The molecule has 1 fully saturated rings. The second-order valence-electron chi connectivity index (χ2n) is 3.53. The molecule has 1 aliphatic rings. The van der Waals surface area contributed by atoms with Crippen LogP contribution in [-0.4, -0.2) is 23.4 Å². The van der Waals surface area contributed by atoms with Crippen LogP contribution < -0.4 is 0 Å². The molecule has 11 heavy (non-hydrogen) atoms. The van der Waals surface area contributed by atoms with Crippen LogP contribution in [0.2, 0.25) is 0 Å². The van der Waals surface area contributed by atoms with Crippen molar-refractivity contribution >= 4 is 5.91 Å². The molecule has 0 aromatic heterocycles. The fraction of sp³-hybridized carbons (Fsp3) is 0.889. The van der Waals surface area contributed by atoms with E-state index in [9.17, 15) is 4.79 Å². The molecular formula is C9H17NO. The quantitative estimate of drug-likeness (QED) is 0.564. The summed E-state index contributed by atoms with van der Waals surface area (Å²) in [7, 11) is 0. The average molecular weight is 155 g/mol. The summed E-state index contributed by atoms with van der Waals surface area (Å²) in [4.78, 5) is 13.0. The van der Waals surface area contributed by atoms with E-state index in [-0.39, 0.29) is 5.91 Å². The van der Waals surface area contributed by atoms with Gasteiger partial charge in [-0.25, -0.2) is 0 Å². The molecule has 1 rings (SSSR count). The molecule has 1 amide bonds. The SMILES string of the molecule is CC[C@@H]1C[C@@H](C)N(C(C)=O)C1. The van der Waals surface area contributed by atoms with Gasteiger partial charge in [-0.05, 0) is 19.3 Å². The molecular weight excluding hydrogens is 138 g/mol. The lowest BCUT2D eigenvalue weighted by Crippen LogP contribution is -2.31. The Morgan fingerprint density at radius 2 is 2.27 bits per heavy atom. The highest BCUT2D eigenvalue weighted by atomic mass is 16.2. The number of hydrogen-bond acceptors (Lipinski definition) is 1. The Bertz CT molecular complexity index is 156. The van der Waals surface area contributed by atoms with Gasteiger partial charge in [-0.1, -0.05) is 13.3 Å². The third-order valence-corrected chi connectivity index (χ3v) is 2.64. The van der Waals surface area contributed by atoms with E-state index in [1.165, 1.54) is 12.8 Å². The van der Waals surface area contributed by atoms with Gasteiger partial charge < -0.3 is 4.90 Å². The van der Waals surface area contributed by atoms with Gasteiger partial charge >= 0.3 is 0 Å². The van der Waals surface area contributed by atoms with Crippen LogP contribution in [0.5, 0.6) is 0 Å². The number of amides is 1. The molecule has 0 saturated carbocycles. The molecule has 2 heteroatoms. The lowest BCUT2D eigenvalue weighted by atomic mass is 10.0. The Morgan fingerprint density at radius 3 is 2.55 bits per heavy atom. The van der Waals surface area contributed by atoms with Crippen LogP contribution >= 0.6 is 0 Å². The second kappa shape index (κ2) is 3.24. The number of carbonyl (C=O) groups excluding carboxylic acids is 1. The normalized spacial score (nSPS) is 31.0. The van der Waals surface area contributed by atoms with E-state index >= 15 is 0 Å². The third-order valence-electron chi connectivity index (χ3n) is 2.64. The highest BCUT2D eigenvalue weighted by Crippen LogP contribution is 2.24. The van der Waals surface area contributed by atoms with Gasteiger partial charge in [0.2, 0.25) is 5.91 Å². The first-order chi connectivity index (χ1) is 5.15. The van der Waals surface area contributed by atoms with Crippen LogP contribution in [0.1, 0.15) is 33.6 Å². The first kappa shape index (κ1) is 8.57. The smallest absolute Gasteiger partial charge is 0.219 e. The fourth-order valence-corrected chi connectivity index (χ4v) is 1.88. The van der Waals surface area contributed by atoms with Crippen molar-refractivity contribution < 1.29 is 4.79 Å². The zero-order chi connectivity index (χ0) is 8.43. The largest absolute Gasteiger partial charge is 0.340 e. The van der Waals surface area contributed by atoms with Crippen molar-refractivity contribution in [1.29, 1.82) is 0 Å². The van der Waals surface area contributed by atoms with Gasteiger partial charge in [0, 0.05) is 19.5 Å². The standard InChI is InChI=1S/C9H17NO/c1-4-9-5-7(2)10(6-9)8(3)11/h7,9H,4-6H2,1-3H3/t7-,9-/m1/s1.